The lowest BCUT2D eigenvalue weighted by Crippen LogP contribution is -2.49. The lowest BCUT2D eigenvalue weighted by molar-refractivity contribution is -0.158. The number of aromatic nitrogens is 1. The Labute approximate surface area is 337 Å². The SMILES string of the molecule is CC1=C\C(O[Si](C)(C)C(C)(C)C)CC(=O)Cc2nc(c([Si](C)(C)C)o2)C(=O)N2CCC[C@@H]2C(=O)O[C@H]([C@@H](C)CN2CCN(C)CC2)[C@H](C)/C=C/C(=O)NC\C=C\1. The molecule has 0 radical (unpaired) electrons. The molecule has 0 spiro atoms. The summed E-state index contributed by atoms with van der Waals surface area (Å²) < 4.78 is 19.4. The summed E-state index contributed by atoms with van der Waals surface area (Å²) >= 11 is 0. The molecule has 2 bridgehead atoms. The van der Waals surface area contributed by atoms with Gasteiger partial charge in [0.2, 0.25) is 11.8 Å². The molecule has 3 aliphatic rings. The number of piperazine rings is 1. The molecule has 3 aliphatic heterocycles. The highest BCUT2D eigenvalue weighted by atomic mass is 28.4. The van der Waals surface area contributed by atoms with Crippen molar-refractivity contribution in [3.63, 3.8) is 0 Å². The smallest absolute Gasteiger partial charge is 0.329 e. The van der Waals surface area contributed by atoms with Gasteiger partial charge >= 0.3 is 5.97 Å². The van der Waals surface area contributed by atoms with Gasteiger partial charge in [0.25, 0.3) is 5.91 Å². The molecular formula is C42H69N5O7Si2. The van der Waals surface area contributed by atoms with E-state index in [9.17, 15) is 19.2 Å². The summed E-state index contributed by atoms with van der Waals surface area (Å²) in [5.74, 6) is -1.31. The summed E-state index contributed by atoms with van der Waals surface area (Å²) in [6.07, 6.45) is 9.23. The van der Waals surface area contributed by atoms with E-state index in [1.165, 1.54) is 6.08 Å². The highest BCUT2D eigenvalue weighted by Gasteiger charge is 2.43. The fourth-order valence-corrected chi connectivity index (χ4v) is 9.85. The van der Waals surface area contributed by atoms with E-state index >= 15 is 0 Å². The first-order valence-corrected chi connectivity index (χ1v) is 26.9. The highest BCUT2D eigenvalue weighted by molar-refractivity contribution is 6.88. The van der Waals surface area contributed by atoms with Crippen molar-refractivity contribution in [2.45, 2.75) is 123 Å². The van der Waals surface area contributed by atoms with Crippen LogP contribution in [0.3, 0.4) is 0 Å². The number of ether oxygens (including phenoxy) is 1. The van der Waals surface area contributed by atoms with Gasteiger partial charge in [-0.25, -0.2) is 9.78 Å². The number of hydrogen-bond acceptors (Lipinski definition) is 10. The molecule has 2 amide bonds. The molecule has 1 N–H and O–H groups in total. The van der Waals surface area contributed by atoms with Crippen LogP contribution in [0.1, 0.15) is 77.2 Å². The first-order valence-electron chi connectivity index (χ1n) is 20.5. The predicted octanol–water partition coefficient (Wildman–Crippen LogP) is 5.34. The standard InChI is InChI=1S/C42H69N5O7Si2/c1-29-15-13-19-43-35(49)18-17-30(2)38(31(3)28-46-23-21-45(7)22-24-46)53-40(51)34-16-14-20-47(34)39(50)37-41(55(8,9)10)52-36(44-37)27-32(48)26-33(25-29)54-56(11,12)42(4,5)6/h13,15,17-18,25,30-31,33-34,38H,14,16,19-24,26-28H2,1-12H3,(H,43,49)/b15-13+,18-17+,29-25+/t30-,31+,33?,34-,38+/m1/s1. The van der Waals surface area contributed by atoms with E-state index in [1.807, 2.05) is 38.2 Å². The largest absolute Gasteiger partial charge is 0.460 e. The van der Waals surface area contributed by atoms with Gasteiger partial charge in [-0.1, -0.05) is 84.1 Å². The van der Waals surface area contributed by atoms with Crippen LogP contribution < -0.4 is 10.7 Å². The van der Waals surface area contributed by atoms with Crippen molar-refractivity contribution >= 4 is 45.3 Å². The van der Waals surface area contributed by atoms with Crippen molar-refractivity contribution in [2.75, 3.05) is 52.9 Å². The molecule has 0 saturated carbocycles. The molecule has 312 valence electrons. The maximum atomic E-state index is 14.4. The Balaban J connectivity index is 1.71. The van der Waals surface area contributed by atoms with Crippen molar-refractivity contribution in [1.82, 2.24) is 25.0 Å². The molecule has 12 nitrogen and oxygen atoms in total. The molecule has 0 aromatic carbocycles. The third kappa shape index (κ3) is 12.4. The maximum absolute atomic E-state index is 14.4. The minimum atomic E-state index is -2.27. The molecule has 1 aromatic heterocycles. The van der Waals surface area contributed by atoms with E-state index in [1.54, 1.807) is 4.90 Å². The van der Waals surface area contributed by atoms with Gasteiger partial charge in [0.1, 0.15) is 31.4 Å². The number of rotatable bonds is 6. The number of carbonyl (C=O) groups is 4. The normalized spacial score (nSPS) is 27.9. The first kappa shape index (κ1) is 45.5. The van der Waals surface area contributed by atoms with Gasteiger partial charge in [-0.05, 0) is 51.0 Å². The summed E-state index contributed by atoms with van der Waals surface area (Å²) in [4.78, 5) is 66.3. The van der Waals surface area contributed by atoms with Crippen LogP contribution >= 0.6 is 0 Å². The van der Waals surface area contributed by atoms with Crippen molar-refractivity contribution < 1.29 is 32.8 Å². The Morgan fingerprint density at radius 3 is 2.34 bits per heavy atom. The van der Waals surface area contributed by atoms with Crippen molar-refractivity contribution in [1.29, 1.82) is 0 Å². The van der Waals surface area contributed by atoms with E-state index in [0.29, 0.717) is 31.3 Å². The van der Waals surface area contributed by atoms with Crippen LogP contribution in [-0.4, -0.2) is 131 Å². The lowest BCUT2D eigenvalue weighted by atomic mass is 9.91. The fraction of sp³-hybridized carbons (Fsp3) is 0.690. The third-order valence-electron chi connectivity index (χ3n) is 11.6. The molecular weight excluding hydrogens is 743 g/mol. The second-order valence-electron chi connectivity index (χ2n) is 18.8. The Morgan fingerprint density at radius 1 is 1.02 bits per heavy atom. The van der Waals surface area contributed by atoms with Gasteiger partial charge < -0.3 is 33.6 Å². The number of carbonyl (C=O) groups excluding carboxylic acids is 4. The summed E-state index contributed by atoms with van der Waals surface area (Å²) in [5.41, 5.74) is 1.09. The number of nitrogens with one attached hydrogen (secondary N) is 1. The Kier molecular flexibility index (Phi) is 15.5. The number of nitrogens with zero attached hydrogens (tertiary/aromatic N) is 4. The van der Waals surface area contributed by atoms with Crippen LogP contribution in [0.2, 0.25) is 37.8 Å². The summed E-state index contributed by atoms with van der Waals surface area (Å²) in [7, 11) is -2.42. The highest BCUT2D eigenvalue weighted by Crippen LogP contribution is 2.38. The van der Waals surface area contributed by atoms with E-state index in [2.05, 4.69) is 82.6 Å². The lowest BCUT2D eigenvalue weighted by Gasteiger charge is -2.38. The van der Waals surface area contributed by atoms with Crippen LogP contribution in [0, 0.1) is 11.8 Å². The number of amides is 2. The summed E-state index contributed by atoms with van der Waals surface area (Å²) in [5, 5.41) is 3.36. The van der Waals surface area contributed by atoms with E-state index in [-0.39, 0.29) is 58.9 Å². The van der Waals surface area contributed by atoms with Crippen LogP contribution in [0.5, 0.6) is 0 Å². The molecule has 1 unspecified atom stereocenters. The number of cyclic esters (lactones) is 1. The molecule has 4 rings (SSSR count). The van der Waals surface area contributed by atoms with Crippen LogP contribution in [-0.2, 0) is 30.0 Å². The molecule has 2 saturated heterocycles. The molecule has 14 heteroatoms. The minimum absolute atomic E-state index is 0.0404. The molecule has 1 aromatic rings. The molecule has 2 fully saturated rings. The van der Waals surface area contributed by atoms with Crippen molar-refractivity contribution in [3.05, 3.63) is 47.5 Å². The van der Waals surface area contributed by atoms with Crippen molar-refractivity contribution in [3.8, 4) is 0 Å². The quantitative estimate of drug-likeness (QED) is 0.297. The number of fused-ring (bicyclic) bond motifs is 3. The fourth-order valence-electron chi connectivity index (χ4n) is 7.30. The van der Waals surface area contributed by atoms with Gasteiger partial charge in [0.15, 0.2) is 14.0 Å². The second-order valence-corrected chi connectivity index (χ2v) is 28.5. The molecule has 56 heavy (non-hydrogen) atoms. The zero-order valence-corrected chi connectivity index (χ0v) is 38.2. The number of allylic oxidation sites excluding steroid dienone is 2. The Hall–Kier alpha value is -3.18. The number of ketones is 1. The van der Waals surface area contributed by atoms with E-state index < -0.39 is 40.6 Å². The number of esters is 1. The summed E-state index contributed by atoms with van der Waals surface area (Å²) in [6, 6.07) is -0.784. The number of likely N-dealkylation sites (N-methyl/N-ethyl adjacent to an activating group) is 1. The van der Waals surface area contributed by atoms with Gasteiger partial charge in [-0.15, -0.1) is 0 Å². The van der Waals surface area contributed by atoms with Crippen LogP contribution in [0.15, 0.2) is 40.4 Å². The monoisotopic (exact) mass is 811 g/mol. The second kappa shape index (κ2) is 19.1. The summed E-state index contributed by atoms with van der Waals surface area (Å²) in [6.45, 7) is 28.3. The van der Waals surface area contributed by atoms with Crippen molar-refractivity contribution in [2.24, 2.45) is 11.8 Å². The average Bonchev–Trinajstić information content (AvgIpc) is 3.76. The first-order chi connectivity index (χ1) is 26.1. The average molecular weight is 812 g/mol. The van der Waals surface area contributed by atoms with E-state index in [0.717, 1.165) is 38.3 Å². The maximum Gasteiger partial charge on any atom is 0.329 e. The Bertz CT molecular complexity index is 1650. The molecule has 0 aliphatic carbocycles. The number of hydrogen-bond donors (Lipinski definition) is 1. The van der Waals surface area contributed by atoms with Gasteiger partial charge in [0.05, 0.1) is 12.5 Å². The third-order valence-corrected chi connectivity index (χ3v) is 17.8. The zero-order valence-electron chi connectivity index (χ0n) is 36.2. The topological polar surface area (TPSA) is 135 Å². The zero-order chi connectivity index (χ0) is 41.6. The number of oxazole rings is 1. The Morgan fingerprint density at radius 2 is 1.70 bits per heavy atom. The molecule has 5 atom stereocenters. The van der Waals surface area contributed by atoms with E-state index in [4.69, 9.17) is 18.6 Å². The number of Topliss-reactive ketones (excluding diaryl/α,β-unsaturated/α-hetero) is 1. The van der Waals surface area contributed by atoms with Crippen LogP contribution in [0.4, 0.5) is 0 Å². The van der Waals surface area contributed by atoms with Gasteiger partial charge in [-0.2, -0.15) is 0 Å². The molecule has 4 heterocycles. The van der Waals surface area contributed by atoms with Gasteiger partial charge in [-0.3, -0.25) is 14.4 Å². The minimum Gasteiger partial charge on any atom is -0.460 e. The van der Waals surface area contributed by atoms with Gasteiger partial charge in [0, 0.05) is 64.1 Å². The predicted molar refractivity (Wildman–Crippen MR) is 226 cm³/mol. The van der Waals surface area contributed by atoms with Crippen LogP contribution in [0.25, 0.3) is 0 Å².